The van der Waals surface area contributed by atoms with Crippen molar-refractivity contribution in [2.75, 3.05) is 26.2 Å². The number of pyridine rings is 1. The summed E-state index contributed by atoms with van der Waals surface area (Å²) in [4.78, 5) is 22.1. The highest BCUT2D eigenvalue weighted by molar-refractivity contribution is 5.80. The van der Waals surface area contributed by atoms with Crippen molar-refractivity contribution in [2.45, 2.75) is 25.8 Å². The number of amides is 1. The van der Waals surface area contributed by atoms with E-state index in [9.17, 15) is 4.79 Å². The van der Waals surface area contributed by atoms with Crippen LogP contribution < -0.4 is 0 Å². The number of nitrogens with zero attached hydrogens (tertiary/aromatic N) is 3. The molecule has 2 aliphatic heterocycles. The number of rotatable bonds is 4. The van der Waals surface area contributed by atoms with E-state index in [1.165, 1.54) is 5.56 Å². The predicted molar refractivity (Wildman–Crippen MR) is 103 cm³/mol. The van der Waals surface area contributed by atoms with Gasteiger partial charge >= 0.3 is 0 Å². The summed E-state index contributed by atoms with van der Waals surface area (Å²) in [7, 11) is 0. The molecule has 4 heteroatoms. The van der Waals surface area contributed by atoms with Gasteiger partial charge in [0, 0.05) is 50.5 Å². The van der Waals surface area contributed by atoms with Crippen LogP contribution in [-0.4, -0.2) is 46.9 Å². The Hall–Kier alpha value is -2.20. The molecule has 3 heterocycles. The van der Waals surface area contributed by atoms with Crippen LogP contribution in [0.4, 0.5) is 0 Å². The van der Waals surface area contributed by atoms with Gasteiger partial charge in [-0.25, -0.2) is 0 Å². The lowest BCUT2D eigenvalue weighted by atomic mass is 9.97. The van der Waals surface area contributed by atoms with Crippen molar-refractivity contribution in [1.82, 2.24) is 14.8 Å². The van der Waals surface area contributed by atoms with Crippen LogP contribution in [0, 0.1) is 11.8 Å². The third kappa shape index (κ3) is 3.65. The molecular weight excluding hydrogens is 322 g/mol. The van der Waals surface area contributed by atoms with E-state index in [2.05, 4.69) is 52.0 Å². The molecule has 1 amide bonds. The summed E-state index contributed by atoms with van der Waals surface area (Å²) in [6.45, 7) is 6.72. The minimum absolute atomic E-state index is 0.126. The lowest BCUT2D eigenvalue weighted by Crippen LogP contribution is -2.37. The Kier molecular flexibility index (Phi) is 5.02. The molecule has 1 aromatic carbocycles. The Morgan fingerprint density at radius 3 is 2.65 bits per heavy atom. The summed E-state index contributed by atoms with van der Waals surface area (Å²) in [5.74, 6) is 1.27. The molecule has 0 radical (unpaired) electrons. The Morgan fingerprint density at radius 2 is 1.88 bits per heavy atom. The molecule has 3 unspecified atom stereocenters. The van der Waals surface area contributed by atoms with Crippen LogP contribution in [-0.2, 0) is 11.3 Å². The number of benzene rings is 1. The second-order valence-corrected chi connectivity index (χ2v) is 7.79. The number of hydrogen-bond acceptors (Lipinski definition) is 3. The van der Waals surface area contributed by atoms with Gasteiger partial charge in [-0.3, -0.25) is 14.7 Å². The van der Waals surface area contributed by atoms with Crippen molar-refractivity contribution in [1.29, 1.82) is 0 Å². The minimum Gasteiger partial charge on any atom is -0.342 e. The molecule has 0 saturated carbocycles. The normalized spacial score (nSPS) is 26.3. The molecule has 2 saturated heterocycles. The van der Waals surface area contributed by atoms with Gasteiger partial charge in [-0.1, -0.05) is 43.3 Å². The fourth-order valence-electron chi connectivity index (χ4n) is 4.41. The van der Waals surface area contributed by atoms with E-state index in [1.54, 1.807) is 0 Å². The molecule has 136 valence electrons. The summed E-state index contributed by atoms with van der Waals surface area (Å²) in [5.41, 5.74) is 2.44. The highest BCUT2D eigenvalue weighted by Gasteiger charge is 2.39. The summed E-state index contributed by atoms with van der Waals surface area (Å²) in [6.07, 6.45) is 2.87. The van der Waals surface area contributed by atoms with Crippen molar-refractivity contribution in [3.05, 3.63) is 66.0 Å². The van der Waals surface area contributed by atoms with Gasteiger partial charge in [0.05, 0.1) is 5.92 Å². The summed E-state index contributed by atoms with van der Waals surface area (Å²) < 4.78 is 0. The van der Waals surface area contributed by atoms with Gasteiger partial charge in [0.1, 0.15) is 0 Å². The smallest absolute Gasteiger partial charge is 0.227 e. The van der Waals surface area contributed by atoms with Gasteiger partial charge < -0.3 is 4.90 Å². The van der Waals surface area contributed by atoms with Crippen LogP contribution in [0.3, 0.4) is 0 Å². The second kappa shape index (κ2) is 7.58. The third-order valence-electron chi connectivity index (χ3n) is 5.86. The first-order valence-corrected chi connectivity index (χ1v) is 9.66. The van der Waals surface area contributed by atoms with Crippen LogP contribution in [0.25, 0.3) is 0 Å². The first-order valence-electron chi connectivity index (χ1n) is 9.66. The zero-order chi connectivity index (χ0) is 17.9. The molecule has 0 spiro atoms. The summed E-state index contributed by atoms with van der Waals surface area (Å²) >= 11 is 0. The average molecular weight is 349 g/mol. The van der Waals surface area contributed by atoms with Crippen molar-refractivity contribution >= 4 is 5.91 Å². The van der Waals surface area contributed by atoms with E-state index in [-0.39, 0.29) is 5.92 Å². The molecule has 1 aromatic heterocycles. The Balaban J connectivity index is 1.36. The van der Waals surface area contributed by atoms with Gasteiger partial charge in [0.25, 0.3) is 0 Å². The lowest BCUT2D eigenvalue weighted by Gasteiger charge is -2.23. The van der Waals surface area contributed by atoms with Crippen molar-refractivity contribution < 1.29 is 4.79 Å². The van der Waals surface area contributed by atoms with E-state index in [1.807, 2.05) is 24.4 Å². The van der Waals surface area contributed by atoms with E-state index >= 15 is 0 Å². The van der Waals surface area contributed by atoms with Crippen LogP contribution in [0.5, 0.6) is 0 Å². The van der Waals surface area contributed by atoms with Crippen molar-refractivity contribution in [3.63, 3.8) is 0 Å². The van der Waals surface area contributed by atoms with E-state index < -0.39 is 0 Å². The maximum atomic E-state index is 13.1. The first-order chi connectivity index (χ1) is 12.7. The van der Waals surface area contributed by atoms with Gasteiger partial charge in [-0.2, -0.15) is 0 Å². The SMILES string of the molecule is CC1CN(Cc2ccccc2)CC1C(=O)N1CCC(c2ccccn2)C1. The van der Waals surface area contributed by atoms with Gasteiger partial charge in [-0.05, 0) is 30.0 Å². The van der Waals surface area contributed by atoms with Crippen LogP contribution in [0.2, 0.25) is 0 Å². The number of hydrogen-bond donors (Lipinski definition) is 0. The summed E-state index contributed by atoms with van der Waals surface area (Å²) in [5, 5.41) is 0. The van der Waals surface area contributed by atoms with Crippen LogP contribution in [0.15, 0.2) is 54.7 Å². The molecule has 4 rings (SSSR count). The molecule has 0 N–H and O–H groups in total. The number of likely N-dealkylation sites (tertiary alicyclic amines) is 2. The molecule has 2 aromatic rings. The topological polar surface area (TPSA) is 36.4 Å². The molecule has 0 bridgehead atoms. The predicted octanol–water partition coefficient (Wildman–Crippen LogP) is 3.17. The molecule has 26 heavy (non-hydrogen) atoms. The Bertz CT molecular complexity index is 734. The Labute approximate surface area is 155 Å². The van der Waals surface area contributed by atoms with Crippen molar-refractivity contribution in [2.24, 2.45) is 11.8 Å². The highest BCUT2D eigenvalue weighted by Crippen LogP contribution is 2.31. The molecule has 0 aliphatic carbocycles. The fraction of sp³-hybridized carbons (Fsp3) is 0.455. The maximum absolute atomic E-state index is 13.1. The standard InChI is InChI=1S/C22H27N3O/c1-17-13-24(14-18-7-3-2-4-8-18)16-20(17)22(26)25-12-10-19(15-25)21-9-5-6-11-23-21/h2-9,11,17,19-20H,10,12-16H2,1H3. The number of carbonyl (C=O) groups excluding carboxylic acids is 1. The molecule has 2 fully saturated rings. The van der Waals surface area contributed by atoms with E-state index in [4.69, 9.17) is 0 Å². The third-order valence-corrected chi connectivity index (χ3v) is 5.86. The van der Waals surface area contributed by atoms with E-state index in [0.29, 0.717) is 17.7 Å². The largest absolute Gasteiger partial charge is 0.342 e. The van der Waals surface area contributed by atoms with Gasteiger partial charge in [0.15, 0.2) is 0 Å². The van der Waals surface area contributed by atoms with Crippen LogP contribution >= 0.6 is 0 Å². The zero-order valence-electron chi connectivity index (χ0n) is 15.4. The number of carbonyl (C=O) groups is 1. The molecule has 2 aliphatic rings. The monoisotopic (exact) mass is 349 g/mol. The Morgan fingerprint density at radius 1 is 1.08 bits per heavy atom. The zero-order valence-corrected chi connectivity index (χ0v) is 15.4. The van der Waals surface area contributed by atoms with Crippen molar-refractivity contribution in [3.8, 4) is 0 Å². The highest BCUT2D eigenvalue weighted by atomic mass is 16.2. The fourth-order valence-corrected chi connectivity index (χ4v) is 4.41. The molecular formula is C22H27N3O. The molecule has 4 nitrogen and oxygen atoms in total. The lowest BCUT2D eigenvalue weighted by molar-refractivity contribution is -0.135. The van der Waals surface area contributed by atoms with E-state index in [0.717, 1.165) is 44.8 Å². The quantitative estimate of drug-likeness (QED) is 0.851. The van der Waals surface area contributed by atoms with Gasteiger partial charge in [0.2, 0.25) is 5.91 Å². The second-order valence-electron chi connectivity index (χ2n) is 7.79. The first kappa shape index (κ1) is 17.2. The average Bonchev–Trinajstić information content (AvgIpc) is 3.30. The maximum Gasteiger partial charge on any atom is 0.227 e. The van der Waals surface area contributed by atoms with Gasteiger partial charge in [-0.15, -0.1) is 0 Å². The molecule has 3 atom stereocenters. The summed E-state index contributed by atoms with van der Waals surface area (Å²) in [6, 6.07) is 16.6. The minimum atomic E-state index is 0.126. The van der Waals surface area contributed by atoms with Crippen LogP contribution in [0.1, 0.15) is 30.5 Å². The number of aromatic nitrogens is 1.